The van der Waals surface area contributed by atoms with Gasteiger partial charge in [-0.1, -0.05) is 29.8 Å². The van der Waals surface area contributed by atoms with E-state index < -0.39 is 11.4 Å². The monoisotopic (exact) mass is 291 g/mol. The van der Waals surface area contributed by atoms with Gasteiger partial charge in [0.15, 0.2) is 0 Å². The summed E-state index contributed by atoms with van der Waals surface area (Å²) in [6, 6.07) is 7.81. The molecule has 0 aromatic heterocycles. The van der Waals surface area contributed by atoms with Gasteiger partial charge in [0.25, 0.3) is 0 Å². The van der Waals surface area contributed by atoms with Crippen molar-refractivity contribution in [2.75, 3.05) is 26.8 Å². The number of carboxylic acids is 1. The molecule has 1 heterocycles. The van der Waals surface area contributed by atoms with Gasteiger partial charge in [0.2, 0.25) is 5.91 Å². The van der Waals surface area contributed by atoms with Gasteiger partial charge in [-0.05, 0) is 18.9 Å². The van der Waals surface area contributed by atoms with Gasteiger partial charge in [-0.2, -0.15) is 0 Å². The van der Waals surface area contributed by atoms with Gasteiger partial charge in [-0.15, -0.1) is 0 Å². The van der Waals surface area contributed by atoms with Crippen molar-refractivity contribution >= 4 is 11.9 Å². The molecule has 5 heteroatoms. The van der Waals surface area contributed by atoms with E-state index in [1.165, 1.54) is 7.11 Å². The Hall–Kier alpha value is -1.88. The summed E-state index contributed by atoms with van der Waals surface area (Å²) in [5.41, 5.74) is 1.14. The van der Waals surface area contributed by atoms with Crippen LogP contribution in [-0.4, -0.2) is 48.7 Å². The van der Waals surface area contributed by atoms with Crippen molar-refractivity contribution in [1.82, 2.24) is 4.90 Å². The minimum atomic E-state index is -0.961. The Morgan fingerprint density at radius 3 is 2.57 bits per heavy atom. The second-order valence-corrected chi connectivity index (χ2v) is 5.75. The number of aliphatic carboxylic acids is 1. The van der Waals surface area contributed by atoms with Gasteiger partial charge in [0.1, 0.15) is 5.41 Å². The molecule has 1 aliphatic rings. The first kappa shape index (κ1) is 15.5. The van der Waals surface area contributed by atoms with Crippen molar-refractivity contribution in [2.45, 2.75) is 19.8 Å². The van der Waals surface area contributed by atoms with Crippen molar-refractivity contribution in [3.63, 3.8) is 0 Å². The molecule has 0 saturated carbocycles. The maximum Gasteiger partial charge on any atom is 0.313 e. The molecule has 0 bridgehead atoms. The summed E-state index contributed by atoms with van der Waals surface area (Å²) >= 11 is 0. The lowest BCUT2D eigenvalue weighted by Crippen LogP contribution is -2.40. The maximum atomic E-state index is 12.3. The van der Waals surface area contributed by atoms with E-state index in [1.807, 2.05) is 31.2 Å². The molecular weight excluding hydrogens is 270 g/mol. The summed E-state index contributed by atoms with van der Waals surface area (Å²) in [5.74, 6) is -0.923. The lowest BCUT2D eigenvalue weighted by molar-refractivity contribution is -0.151. The predicted octanol–water partition coefficient (Wildman–Crippen LogP) is 1.49. The zero-order valence-corrected chi connectivity index (χ0v) is 12.5. The Labute approximate surface area is 124 Å². The molecule has 1 unspecified atom stereocenters. The molecule has 5 nitrogen and oxygen atoms in total. The summed E-state index contributed by atoms with van der Waals surface area (Å²) in [4.78, 5) is 25.4. The zero-order valence-electron chi connectivity index (χ0n) is 12.5. The third-order valence-electron chi connectivity index (χ3n) is 4.06. The summed E-state index contributed by atoms with van der Waals surface area (Å²) in [7, 11) is 1.49. The van der Waals surface area contributed by atoms with E-state index in [0.29, 0.717) is 19.4 Å². The van der Waals surface area contributed by atoms with E-state index in [-0.39, 0.29) is 19.1 Å². The summed E-state index contributed by atoms with van der Waals surface area (Å²) in [5, 5.41) is 9.40. The van der Waals surface area contributed by atoms with E-state index in [0.717, 1.165) is 11.1 Å². The number of carboxylic acid groups (broad SMARTS) is 1. The Balaban J connectivity index is 2.01. The van der Waals surface area contributed by atoms with E-state index in [2.05, 4.69) is 0 Å². The number of methoxy groups -OCH3 is 1. The molecule has 114 valence electrons. The van der Waals surface area contributed by atoms with Gasteiger partial charge in [-0.3, -0.25) is 9.59 Å². The Morgan fingerprint density at radius 1 is 1.33 bits per heavy atom. The first-order valence-electron chi connectivity index (χ1n) is 7.02. The number of carbonyl (C=O) groups excluding carboxylic acids is 1. The van der Waals surface area contributed by atoms with Crippen LogP contribution in [0.5, 0.6) is 0 Å². The average molecular weight is 291 g/mol. The number of aryl methyl sites for hydroxylation is 1. The molecule has 1 aromatic carbocycles. The highest BCUT2D eigenvalue weighted by Gasteiger charge is 2.46. The second-order valence-electron chi connectivity index (χ2n) is 5.75. The van der Waals surface area contributed by atoms with Gasteiger partial charge in [-0.25, -0.2) is 0 Å². The number of amides is 1. The van der Waals surface area contributed by atoms with E-state index in [4.69, 9.17) is 4.74 Å². The minimum absolute atomic E-state index is 0.0296. The van der Waals surface area contributed by atoms with Crippen LogP contribution in [0.1, 0.15) is 17.5 Å². The first-order valence-corrected chi connectivity index (χ1v) is 7.02. The van der Waals surface area contributed by atoms with Crippen molar-refractivity contribution in [2.24, 2.45) is 5.41 Å². The number of nitrogens with zero attached hydrogens (tertiary/aromatic N) is 1. The van der Waals surface area contributed by atoms with Crippen LogP contribution in [0.3, 0.4) is 0 Å². The van der Waals surface area contributed by atoms with Crippen LogP contribution in [0, 0.1) is 12.3 Å². The quantitative estimate of drug-likeness (QED) is 0.892. The van der Waals surface area contributed by atoms with Crippen LogP contribution in [0.25, 0.3) is 0 Å². The van der Waals surface area contributed by atoms with E-state index in [1.54, 1.807) is 4.90 Å². The molecule has 1 amide bonds. The largest absolute Gasteiger partial charge is 0.481 e. The van der Waals surface area contributed by atoms with Crippen LogP contribution >= 0.6 is 0 Å². The van der Waals surface area contributed by atoms with Gasteiger partial charge >= 0.3 is 5.97 Å². The van der Waals surface area contributed by atoms with Gasteiger partial charge < -0.3 is 14.7 Å². The highest BCUT2D eigenvalue weighted by atomic mass is 16.5. The highest BCUT2D eigenvalue weighted by Crippen LogP contribution is 2.31. The van der Waals surface area contributed by atoms with Crippen LogP contribution < -0.4 is 0 Å². The van der Waals surface area contributed by atoms with Gasteiger partial charge in [0, 0.05) is 20.2 Å². The smallest absolute Gasteiger partial charge is 0.313 e. The predicted molar refractivity (Wildman–Crippen MR) is 78.0 cm³/mol. The standard InChI is InChI=1S/C16H21NO4/c1-12-3-5-13(6-4-12)9-14(18)17-8-7-16(10-17,11-21-2)15(19)20/h3-6H,7-11H2,1-2H3,(H,19,20). The molecule has 0 aliphatic carbocycles. The normalized spacial score (nSPS) is 21.5. The van der Waals surface area contributed by atoms with Crippen LogP contribution in [-0.2, 0) is 20.7 Å². The number of hydrogen-bond acceptors (Lipinski definition) is 3. The fraction of sp³-hybridized carbons (Fsp3) is 0.500. The van der Waals surface area contributed by atoms with Crippen LogP contribution in [0.4, 0.5) is 0 Å². The molecule has 0 spiro atoms. The first-order chi connectivity index (χ1) is 9.97. The van der Waals surface area contributed by atoms with Crippen molar-refractivity contribution in [3.8, 4) is 0 Å². The molecule has 0 radical (unpaired) electrons. The summed E-state index contributed by atoms with van der Waals surface area (Å²) in [6.45, 7) is 2.83. The number of rotatable bonds is 5. The SMILES string of the molecule is COCC1(C(=O)O)CCN(C(=O)Cc2ccc(C)cc2)C1. The van der Waals surface area contributed by atoms with E-state index >= 15 is 0 Å². The summed E-state index contributed by atoms with van der Waals surface area (Å²) < 4.78 is 5.03. The molecule has 21 heavy (non-hydrogen) atoms. The third-order valence-corrected chi connectivity index (χ3v) is 4.06. The van der Waals surface area contributed by atoms with Crippen molar-refractivity contribution in [3.05, 3.63) is 35.4 Å². The lowest BCUT2D eigenvalue weighted by atomic mass is 9.88. The molecule has 1 aliphatic heterocycles. The molecule has 1 aromatic rings. The second kappa shape index (κ2) is 6.26. The average Bonchev–Trinajstić information content (AvgIpc) is 2.88. The van der Waals surface area contributed by atoms with Crippen LogP contribution in [0.2, 0.25) is 0 Å². The third kappa shape index (κ3) is 3.42. The fourth-order valence-corrected chi connectivity index (χ4v) is 2.71. The number of likely N-dealkylation sites (tertiary alicyclic amines) is 1. The molecule has 1 N–H and O–H groups in total. The topological polar surface area (TPSA) is 66.8 Å². The maximum absolute atomic E-state index is 12.3. The number of ether oxygens (including phenoxy) is 1. The molecule has 1 atom stereocenters. The zero-order chi connectivity index (χ0) is 15.5. The van der Waals surface area contributed by atoms with Crippen molar-refractivity contribution in [1.29, 1.82) is 0 Å². The molecule has 1 saturated heterocycles. The molecule has 2 rings (SSSR count). The minimum Gasteiger partial charge on any atom is -0.481 e. The molecular formula is C16H21NO4. The van der Waals surface area contributed by atoms with E-state index in [9.17, 15) is 14.7 Å². The Bertz CT molecular complexity index is 526. The highest BCUT2D eigenvalue weighted by molar-refractivity contribution is 5.82. The number of hydrogen-bond donors (Lipinski definition) is 1. The Kier molecular flexibility index (Phi) is 4.63. The van der Waals surface area contributed by atoms with Crippen LogP contribution in [0.15, 0.2) is 24.3 Å². The lowest BCUT2D eigenvalue weighted by Gasteiger charge is -2.23. The molecule has 1 fully saturated rings. The van der Waals surface area contributed by atoms with Gasteiger partial charge in [0.05, 0.1) is 13.0 Å². The number of carbonyl (C=O) groups is 2. The Morgan fingerprint density at radius 2 is 2.00 bits per heavy atom. The van der Waals surface area contributed by atoms with Crippen molar-refractivity contribution < 1.29 is 19.4 Å². The number of benzene rings is 1. The summed E-state index contributed by atoms with van der Waals surface area (Å²) in [6.07, 6.45) is 0.749. The fourth-order valence-electron chi connectivity index (χ4n) is 2.71.